The third-order valence-corrected chi connectivity index (χ3v) is 20.0. The number of methoxy groups -OCH3 is 2. The largest absolute Gasteiger partial charge is 0.496 e. The third kappa shape index (κ3) is 52.9. The Morgan fingerprint density at radius 3 is 0.796 bits per heavy atom. The fraction of sp³-hybridized carbons (Fsp3) is 0.670. The van der Waals surface area contributed by atoms with Crippen LogP contribution < -0.4 is 19.3 Å². The van der Waals surface area contributed by atoms with Crippen LogP contribution in [0.4, 0.5) is 11.4 Å². The van der Waals surface area contributed by atoms with Gasteiger partial charge in [-0.05, 0) is 152 Å². The van der Waals surface area contributed by atoms with E-state index in [2.05, 4.69) is 152 Å². The SMILES string of the molecule is C=C=C=C=C=C=C=C=C=C=C=C=C=C=C=C=C=C=C=CN(CCCCCCCCCCCCCCCCCCCC)c1cc(CO)c(Cc2c(OC)cc(N(CCCCCCCCCCCCCCCCCCCC)CCCCCCCCCCCCCCCCCCCC)cc2OC)c(CO)c1. The van der Waals surface area contributed by atoms with Crippen molar-refractivity contribution >= 4 is 11.4 Å². The molecular weight excluding hydrogens is 1260 g/mol. The van der Waals surface area contributed by atoms with E-state index >= 15 is 0 Å². The van der Waals surface area contributed by atoms with Gasteiger partial charge in [0.15, 0.2) is 0 Å². The molecule has 0 spiro atoms. The molecule has 0 saturated heterocycles. The average molecular weight is 1400 g/mol. The van der Waals surface area contributed by atoms with Crippen molar-refractivity contribution < 1.29 is 19.7 Å². The second kappa shape index (κ2) is 72.3. The zero-order chi connectivity index (χ0) is 73.9. The summed E-state index contributed by atoms with van der Waals surface area (Å²) in [5.74, 6) is 1.51. The Balaban J connectivity index is 2.32. The predicted octanol–water partition coefficient (Wildman–Crippen LogP) is 28.0. The highest BCUT2D eigenvalue weighted by molar-refractivity contribution is 5.63. The first-order chi connectivity index (χ1) is 51.0. The van der Waals surface area contributed by atoms with Crippen molar-refractivity contribution in [2.24, 2.45) is 0 Å². The molecule has 0 aliphatic rings. The molecule has 0 unspecified atom stereocenters. The van der Waals surface area contributed by atoms with Crippen LogP contribution in [-0.4, -0.2) is 44.1 Å². The van der Waals surface area contributed by atoms with Crippen LogP contribution in [0.25, 0.3) is 0 Å². The summed E-state index contributed by atoms with van der Waals surface area (Å²) in [4.78, 5) is 4.71. The maximum absolute atomic E-state index is 11.2. The van der Waals surface area contributed by atoms with E-state index in [1.165, 1.54) is 321 Å². The summed E-state index contributed by atoms with van der Waals surface area (Å²) in [5.41, 5.74) is 53.2. The Morgan fingerprint density at radius 1 is 0.301 bits per heavy atom. The number of unbranched alkanes of at least 4 members (excludes halogenated alkanes) is 51. The van der Waals surface area contributed by atoms with Crippen LogP contribution in [0.2, 0.25) is 0 Å². The summed E-state index contributed by atoms with van der Waals surface area (Å²) in [7, 11) is 3.50. The minimum atomic E-state index is -0.200. The predicted molar refractivity (Wildman–Crippen MR) is 440 cm³/mol. The number of aliphatic hydroxyl groups is 2. The molecule has 2 aromatic rings. The lowest BCUT2D eigenvalue weighted by atomic mass is 9.93. The topological polar surface area (TPSA) is 65.4 Å². The number of hydrogen-bond acceptors (Lipinski definition) is 6. The molecule has 6 nitrogen and oxygen atoms in total. The zero-order valence-corrected chi connectivity index (χ0v) is 66.6. The summed E-state index contributed by atoms with van der Waals surface area (Å²) in [6.07, 6.45) is 75.3. The lowest BCUT2D eigenvalue weighted by molar-refractivity contribution is 0.273. The van der Waals surface area contributed by atoms with Crippen LogP contribution in [0.15, 0.2) is 140 Å². The highest BCUT2D eigenvalue weighted by atomic mass is 16.5. The molecule has 0 heterocycles. The Bertz CT molecular complexity index is 3120. The molecule has 566 valence electrons. The summed E-state index contributed by atoms with van der Waals surface area (Å²) < 4.78 is 12.6. The highest BCUT2D eigenvalue weighted by Crippen LogP contribution is 2.39. The van der Waals surface area contributed by atoms with Gasteiger partial charge in [-0.3, -0.25) is 0 Å². The minimum absolute atomic E-state index is 0.200. The van der Waals surface area contributed by atoms with E-state index in [0.29, 0.717) is 6.42 Å². The lowest BCUT2D eigenvalue weighted by Gasteiger charge is -2.28. The van der Waals surface area contributed by atoms with Gasteiger partial charge in [-0.15, -0.1) is 0 Å². The number of ether oxygens (including phenoxy) is 2. The molecule has 0 aromatic heterocycles. The number of anilines is 2. The van der Waals surface area contributed by atoms with Gasteiger partial charge in [-0.1, -0.05) is 354 Å². The molecule has 0 saturated carbocycles. The van der Waals surface area contributed by atoms with E-state index in [1.807, 2.05) is 18.3 Å². The zero-order valence-electron chi connectivity index (χ0n) is 66.6. The number of nitrogens with zero attached hydrogens (tertiary/aromatic N) is 2. The first-order valence-electron chi connectivity index (χ1n) is 42.2. The van der Waals surface area contributed by atoms with Crippen molar-refractivity contribution in [2.75, 3.05) is 43.7 Å². The first-order valence-corrected chi connectivity index (χ1v) is 42.2. The Labute approximate surface area is 632 Å². The quantitative estimate of drug-likeness (QED) is 0.0508. The Morgan fingerprint density at radius 2 is 0.544 bits per heavy atom. The molecule has 0 aliphatic heterocycles. The summed E-state index contributed by atoms with van der Waals surface area (Å²) in [6, 6.07) is 8.50. The molecule has 0 amide bonds. The van der Waals surface area contributed by atoms with Crippen LogP contribution in [0.3, 0.4) is 0 Å². The third-order valence-electron chi connectivity index (χ3n) is 20.0. The number of hydrogen-bond donors (Lipinski definition) is 2. The molecule has 0 bridgehead atoms. The van der Waals surface area contributed by atoms with Gasteiger partial charge in [-0.2, -0.15) is 0 Å². The van der Waals surface area contributed by atoms with E-state index < -0.39 is 0 Å². The molecule has 2 N–H and O–H groups in total. The van der Waals surface area contributed by atoms with Gasteiger partial charge in [0.25, 0.3) is 0 Å². The van der Waals surface area contributed by atoms with Crippen LogP contribution in [-0.2, 0) is 19.6 Å². The number of benzene rings is 2. The molecular formula is C97H144N2O4. The van der Waals surface area contributed by atoms with Crippen molar-refractivity contribution in [2.45, 2.75) is 387 Å². The number of rotatable bonds is 66. The molecule has 0 radical (unpaired) electrons. The number of aliphatic hydroxyl groups excluding tert-OH is 2. The fourth-order valence-electron chi connectivity index (χ4n) is 13.8. The highest BCUT2D eigenvalue weighted by Gasteiger charge is 2.21. The van der Waals surface area contributed by atoms with E-state index in [1.54, 1.807) is 14.2 Å². The Hall–Kier alpha value is -6.66. The summed E-state index contributed by atoms with van der Waals surface area (Å²) >= 11 is 0. The Kier molecular flexibility index (Phi) is 64.9. The van der Waals surface area contributed by atoms with E-state index in [9.17, 15) is 10.2 Å². The molecule has 6 heteroatoms. The van der Waals surface area contributed by atoms with Gasteiger partial charge in [0.05, 0.1) is 33.6 Å². The maximum atomic E-state index is 11.2. The second-order valence-corrected chi connectivity index (χ2v) is 28.7. The van der Waals surface area contributed by atoms with Gasteiger partial charge in [0, 0.05) is 55.1 Å². The van der Waals surface area contributed by atoms with Crippen molar-refractivity contribution in [1.29, 1.82) is 0 Å². The molecule has 103 heavy (non-hydrogen) atoms. The molecule has 0 atom stereocenters. The smallest absolute Gasteiger partial charge is 0.128 e. The lowest BCUT2D eigenvalue weighted by Crippen LogP contribution is -2.26. The van der Waals surface area contributed by atoms with Gasteiger partial charge in [0.1, 0.15) is 11.5 Å². The van der Waals surface area contributed by atoms with Crippen molar-refractivity contribution in [3.05, 3.63) is 162 Å². The van der Waals surface area contributed by atoms with Crippen LogP contribution >= 0.6 is 0 Å². The molecule has 0 fully saturated rings. The van der Waals surface area contributed by atoms with Gasteiger partial charge >= 0.3 is 0 Å². The first kappa shape index (κ1) is 92.4. The monoisotopic (exact) mass is 1400 g/mol. The molecule has 0 aliphatic carbocycles. The fourth-order valence-corrected chi connectivity index (χ4v) is 13.8. The van der Waals surface area contributed by atoms with Crippen LogP contribution in [0.5, 0.6) is 11.5 Å². The van der Waals surface area contributed by atoms with Crippen LogP contribution in [0.1, 0.15) is 390 Å². The summed E-state index contributed by atoms with van der Waals surface area (Å²) in [5, 5.41) is 22.4. The van der Waals surface area contributed by atoms with Gasteiger partial charge in [0.2, 0.25) is 0 Å². The van der Waals surface area contributed by atoms with Gasteiger partial charge < -0.3 is 29.5 Å². The van der Waals surface area contributed by atoms with E-state index in [4.69, 9.17) is 9.47 Å². The summed E-state index contributed by atoms with van der Waals surface area (Å²) in [6.45, 7) is 12.6. The van der Waals surface area contributed by atoms with E-state index in [0.717, 1.165) is 90.4 Å². The van der Waals surface area contributed by atoms with Crippen molar-refractivity contribution in [3.8, 4) is 11.5 Å². The second-order valence-electron chi connectivity index (χ2n) is 28.7. The molecule has 2 rings (SSSR count). The van der Waals surface area contributed by atoms with E-state index in [-0.39, 0.29) is 13.2 Å². The maximum Gasteiger partial charge on any atom is 0.128 e. The van der Waals surface area contributed by atoms with Crippen molar-refractivity contribution in [3.63, 3.8) is 0 Å². The molecule has 2 aromatic carbocycles. The average Bonchev–Trinajstić information content (AvgIpc) is 0.790. The standard InChI is InChI=1S/C97H144N2O4/c1-7-11-15-19-23-27-31-35-39-43-47-51-55-59-63-67-71-75-79-98(80-76-72-68-64-60-56-52-48-44-40-36-32-28-24-20-16-12-8-2)92-83-90(88-100)94(91(84-92)89-101)87-95-96(102-5)85-93(86-97(95)103-6)99(81-77-73-69-65-61-57-53-49-45-41-37-33-29-25-21-17-13-9-3)82-78-74-70-66-62-58-54-50-46-42-38-34-30-26-22-18-14-10-4/h79,83-86,100-101H,1,8-10,12-14,16-18,20-22,24-26,28-30,32-34,36-38,40-42,44-46,48-50,52-54,56-58,60-62,64-66,68-70,72-74,76-78,80-82,87-89H2,2-6H3. The van der Waals surface area contributed by atoms with Crippen molar-refractivity contribution in [1.82, 2.24) is 0 Å². The normalized spacial score (nSPS) is 10.2. The van der Waals surface area contributed by atoms with Gasteiger partial charge in [-0.25, -0.2) is 0 Å². The van der Waals surface area contributed by atoms with Crippen LogP contribution in [0, 0.1) is 0 Å². The minimum Gasteiger partial charge on any atom is -0.496 e.